The smallest absolute Gasteiger partial charge is 0.165 e. The predicted octanol–water partition coefficient (Wildman–Crippen LogP) is 8.63. The molecule has 0 fully saturated rings. The number of Topliss-reactive ketones (excluding diaryl/α,β-unsaturated/α-hetero) is 2. The van der Waals surface area contributed by atoms with Crippen molar-refractivity contribution < 1.29 is 23.5 Å². The minimum absolute atomic E-state index is 0.0391. The Bertz CT molecular complexity index is 1490. The van der Waals surface area contributed by atoms with Gasteiger partial charge in [0.05, 0.1) is 6.61 Å². The minimum atomic E-state index is -0.483. The van der Waals surface area contributed by atoms with Gasteiger partial charge in [0.2, 0.25) is 0 Å². The summed E-state index contributed by atoms with van der Waals surface area (Å²) in [4.78, 5) is 30.6. The minimum Gasteiger partial charge on any atom is -0.490 e. The highest BCUT2D eigenvalue weighted by Gasteiger charge is 2.49. The van der Waals surface area contributed by atoms with Crippen molar-refractivity contribution in [3.63, 3.8) is 0 Å². The first-order valence-corrected chi connectivity index (χ1v) is 16.0. The first-order valence-electron chi connectivity index (χ1n) is 16.0. The van der Waals surface area contributed by atoms with E-state index in [0.29, 0.717) is 42.9 Å². The first kappa shape index (κ1) is 31.7. The summed E-state index contributed by atoms with van der Waals surface area (Å²) in [5, 5.41) is 0. The second-order valence-corrected chi connectivity index (χ2v) is 14.0. The van der Waals surface area contributed by atoms with Crippen LogP contribution in [0.3, 0.4) is 0 Å². The number of benzene rings is 2. The summed E-state index contributed by atoms with van der Waals surface area (Å²) >= 11 is 0. The molecule has 2 aromatic carbocycles. The number of rotatable bonds is 10. The van der Waals surface area contributed by atoms with E-state index in [1.807, 2.05) is 19.1 Å². The summed E-state index contributed by atoms with van der Waals surface area (Å²) < 4.78 is 26.9. The third-order valence-corrected chi connectivity index (χ3v) is 8.95. The van der Waals surface area contributed by atoms with E-state index in [4.69, 9.17) is 9.47 Å². The average molecular weight is 600 g/mol. The third kappa shape index (κ3) is 6.13. The van der Waals surface area contributed by atoms with Gasteiger partial charge in [-0.25, -0.2) is 4.39 Å². The number of ether oxygens (including phenoxy) is 2. The molecule has 0 amide bonds. The van der Waals surface area contributed by atoms with Crippen LogP contribution >= 0.6 is 0 Å². The lowest BCUT2D eigenvalue weighted by Gasteiger charge is -2.49. The lowest BCUT2D eigenvalue weighted by atomic mass is 9.63. The molecule has 234 valence electrons. The van der Waals surface area contributed by atoms with Crippen LogP contribution in [0.15, 0.2) is 71.6 Å². The highest BCUT2D eigenvalue weighted by atomic mass is 19.1. The lowest BCUT2D eigenvalue weighted by Crippen LogP contribution is -2.44. The van der Waals surface area contributed by atoms with Crippen LogP contribution in [-0.4, -0.2) is 29.6 Å². The van der Waals surface area contributed by atoms with Gasteiger partial charge in [-0.15, -0.1) is 6.58 Å². The van der Waals surface area contributed by atoms with E-state index in [2.05, 4.69) is 46.1 Å². The van der Waals surface area contributed by atoms with E-state index in [-0.39, 0.29) is 34.8 Å². The largest absolute Gasteiger partial charge is 0.490 e. The van der Waals surface area contributed by atoms with Gasteiger partial charge in [-0.1, -0.05) is 65.0 Å². The van der Waals surface area contributed by atoms with Crippen molar-refractivity contribution in [1.29, 1.82) is 0 Å². The summed E-state index contributed by atoms with van der Waals surface area (Å²) in [6.07, 6.45) is 5.61. The van der Waals surface area contributed by atoms with Crippen molar-refractivity contribution in [3.05, 3.63) is 94.1 Å². The molecule has 0 unspecified atom stereocenters. The molecule has 2 aromatic rings. The fourth-order valence-electron chi connectivity index (χ4n) is 7.22. The Hall–Kier alpha value is -3.67. The molecule has 6 heteroatoms. The second kappa shape index (κ2) is 12.4. The summed E-state index contributed by atoms with van der Waals surface area (Å²) in [7, 11) is 0. The number of halogens is 1. The molecule has 0 bridgehead atoms. The molecule has 0 N–H and O–H groups in total. The number of hydrogen-bond acceptors (Lipinski definition) is 5. The van der Waals surface area contributed by atoms with Crippen LogP contribution in [0, 0.1) is 16.6 Å². The monoisotopic (exact) mass is 599 g/mol. The molecular formula is C38H46FNO4. The van der Waals surface area contributed by atoms with E-state index in [0.717, 1.165) is 59.5 Å². The van der Waals surface area contributed by atoms with Gasteiger partial charge in [-0.2, -0.15) is 0 Å². The maximum Gasteiger partial charge on any atom is 0.165 e. The Morgan fingerprint density at radius 3 is 2.07 bits per heavy atom. The molecule has 0 aromatic heterocycles. The Balaban J connectivity index is 1.72. The van der Waals surface area contributed by atoms with E-state index < -0.39 is 5.92 Å². The molecular weight excluding hydrogens is 553 g/mol. The maximum absolute atomic E-state index is 14.5. The number of carbonyl (C=O) groups excluding carboxylic acids is 2. The van der Waals surface area contributed by atoms with Gasteiger partial charge in [0, 0.05) is 59.0 Å². The Kier molecular flexibility index (Phi) is 8.93. The standard InChI is InChI=1S/C38H46FNO4/c1-8-13-24-17-26(18-32(43-10-3)36(24)44-23-25-14-11-12-15-27(25)39)33-34-28(19-37(4,5)21-30(34)41)40(16-9-2)29-20-38(6,7)22-31(42)35(29)33/h8,11-12,14-15,17-18,33H,1,9-10,13,16,19-23H2,2-7H3. The molecule has 5 rings (SSSR count). The zero-order valence-corrected chi connectivity index (χ0v) is 27.1. The Morgan fingerprint density at radius 1 is 0.909 bits per heavy atom. The second-order valence-electron chi connectivity index (χ2n) is 14.0. The van der Waals surface area contributed by atoms with Crippen molar-refractivity contribution in [2.75, 3.05) is 13.2 Å². The zero-order chi connectivity index (χ0) is 31.8. The van der Waals surface area contributed by atoms with E-state index in [1.54, 1.807) is 24.3 Å². The van der Waals surface area contributed by atoms with Crippen molar-refractivity contribution in [2.45, 2.75) is 92.6 Å². The van der Waals surface area contributed by atoms with Crippen molar-refractivity contribution in [3.8, 4) is 11.5 Å². The number of hydrogen-bond donors (Lipinski definition) is 0. The van der Waals surface area contributed by atoms with Gasteiger partial charge in [-0.05, 0) is 61.1 Å². The topological polar surface area (TPSA) is 55.8 Å². The van der Waals surface area contributed by atoms with Crippen molar-refractivity contribution in [2.24, 2.45) is 10.8 Å². The summed E-state index contributed by atoms with van der Waals surface area (Å²) in [6, 6.07) is 10.5. The van der Waals surface area contributed by atoms with Crippen LogP contribution in [-0.2, 0) is 22.6 Å². The molecule has 0 spiro atoms. The van der Waals surface area contributed by atoms with Gasteiger partial charge >= 0.3 is 0 Å². The third-order valence-electron chi connectivity index (χ3n) is 8.95. The van der Waals surface area contributed by atoms with Gasteiger partial charge in [-0.3, -0.25) is 9.59 Å². The fraction of sp³-hybridized carbons (Fsp3) is 0.474. The summed E-state index contributed by atoms with van der Waals surface area (Å²) in [5.74, 6) is 0.444. The van der Waals surface area contributed by atoms with Crippen LogP contribution in [0.1, 0.15) is 96.3 Å². The molecule has 0 saturated heterocycles. The zero-order valence-electron chi connectivity index (χ0n) is 27.1. The van der Waals surface area contributed by atoms with Crippen LogP contribution in [0.2, 0.25) is 0 Å². The molecule has 5 nitrogen and oxygen atoms in total. The number of nitrogens with zero attached hydrogens (tertiary/aromatic N) is 1. The van der Waals surface area contributed by atoms with Crippen molar-refractivity contribution in [1.82, 2.24) is 4.90 Å². The molecule has 1 aliphatic heterocycles. The fourth-order valence-corrected chi connectivity index (χ4v) is 7.22. The number of allylic oxidation sites excluding steroid dienone is 5. The van der Waals surface area contributed by atoms with E-state index in [9.17, 15) is 14.0 Å². The highest BCUT2D eigenvalue weighted by molar-refractivity contribution is 6.06. The van der Waals surface area contributed by atoms with Crippen LogP contribution in [0.5, 0.6) is 11.5 Å². The van der Waals surface area contributed by atoms with Gasteiger partial charge in [0.1, 0.15) is 12.4 Å². The molecule has 0 atom stereocenters. The van der Waals surface area contributed by atoms with Crippen LogP contribution in [0.25, 0.3) is 0 Å². The Morgan fingerprint density at radius 2 is 1.52 bits per heavy atom. The molecule has 2 aliphatic carbocycles. The lowest BCUT2D eigenvalue weighted by molar-refractivity contribution is -0.119. The molecule has 0 saturated carbocycles. The van der Waals surface area contributed by atoms with Gasteiger partial charge in [0.15, 0.2) is 23.1 Å². The Labute approximate surface area is 261 Å². The van der Waals surface area contributed by atoms with Gasteiger partial charge < -0.3 is 14.4 Å². The van der Waals surface area contributed by atoms with E-state index >= 15 is 0 Å². The highest BCUT2D eigenvalue weighted by Crippen LogP contribution is 2.55. The molecule has 44 heavy (non-hydrogen) atoms. The number of carbonyl (C=O) groups is 2. The van der Waals surface area contributed by atoms with Crippen LogP contribution < -0.4 is 9.47 Å². The summed E-state index contributed by atoms with van der Waals surface area (Å²) in [5.41, 5.74) is 5.39. The molecule has 0 radical (unpaired) electrons. The SMILES string of the molecule is C=CCc1cc(C2C3=C(CC(C)(C)CC3=O)N(CCC)C3=C2C(=O)CC(C)(C)C3)cc(OCC)c1OCc1ccccc1F. The van der Waals surface area contributed by atoms with Crippen molar-refractivity contribution >= 4 is 11.6 Å². The molecule has 1 heterocycles. The number of ketones is 2. The summed E-state index contributed by atoms with van der Waals surface area (Å²) in [6.45, 7) is 17.9. The normalized spacial score (nSPS) is 19.6. The molecule has 3 aliphatic rings. The van der Waals surface area contributed by atoms with Gasteiger partial charge in [0.25, 0.3) is 0 Å². The average Bonchev–Trinajstić information content (AvgIpc) is 2.93. The quantitative estimate of drug-likeness (QED) is 0.256. The van der Waals surface area contributed by atoms with Crippen LogP contribution in [0.4, 0.5) is 4.39 Å². The predicted molar refractivity (Wildman–Crippen MR) is 172 cm³/mol. The first-order chi connectivity index (χ1) is 20.9. The maximum atomic E-state index is 14.5. The van der Waals surface area contributed by atoms with E-state index in [1.165, 1.54) is 6.07 Å².